The van der Waals surface area contributed by atoms with Crippen LogP contribution in [-0.4, -0.2) is 11.5 Å². The highest BCUT2D eigenvalue weighted by molar-refractivity contribution is 5.86. The number of rotatable bonds is 3. The molecule has 2 aromatic rings. The summed E-state index contributed by atoms with van der Waals surface area (Å²) in [5.74, 6) is 0.510. The largest absolute Gasteiger partial charge is 0.330 e. The van der Waals surface area contributed by atoms with Crippen LogP contribution in [0.2, 0.25) is 0 Å². The smallest absolute Gasteiger partial charge is 0.0737 e. The zero-order valence-electron chi connectivity index (χ0n) is 11.7. The van der Waals surface area contributed by atoms with Crippen molar-refractivity contribution >= 4 is 10.9 Å². The molecule has 1 atom stereocenters. The van der Waals surface area contributed by atoms with Crippen LogP contribution < -0.4 is 5.73 Å². The maximum absolute atomic E-state index is 5.75. The number of pyridine rings is 1. The molecule has 1 unspecified atom stereocenters. The van der Waals surface area contributed by atoms with E-state index in [0.29, 0.717) is 5.92 Å². The van der Waals surface area contributed by atoms with Crippen LogP contribution >= 0.6 is 0 Å². The van der Waals surface area contributed by atoms with Crippen LogP contribution in [0.4, 0.5) is 0 Å². The first-order chi connectivity index (χ1) is 8.51. The predicted octanol–water partition coefficient (Wildman–Crippen LogP) is 3.30. The summed E-state index contributed by atoms with van der Waals surface area (Å²) in [5, 5.41) is 1.29. The minimum absolute atomic E-state index is 0.510. The van der Waals surface area contributed by atoms with Gasteiger partial charge in [-0.25, -0.2) is 0 Å². The van der Waals surface area contributed by atoms with Crippen molar-refractivity contribution in [3.8, 4) is 0 Å². The van der Waals surface area contributed by atoms with Gasteiger partial charge < -0.3 is 5.73 Å². The highest BCUT2D eigenvalue weighted by atomic mass is 14.7. The Morgan fingerprint density at radius 1 is 1.17 bits per heavy atom. The molecule has 0 bridgehead atoms. The maximum atomic E-state index is 5.75. The van der Waals surface area contributed by atoms with E-state index in [4.69, 9.17) is 5.73 Å². The molecule has 0 aliphatic carbocycles. The van der Waals surface area contributed by atoms with Crippen molar-refractivity contribution < 1.29 is 0 Å². The number of hydrogen-bond acceptors (Lipinski definition) is 2. The van der Waals surface area contributed by atoms with Crippen LogP contribution in [0, 0.1) is 26.7 Å². The molecule has 2 heteroatoms. The van der Waals surface area contributed by atoms with Gasteiger partial charge in [-0.15, -0.1) is 0 Å². The molecule has 0 aliphatic heterocycles. The first kappa shape index (κ1) is 13.0. The zero-order valence-corrected chi connectivity index (χ0v) is 11.7. The van der Waals surface area contributed by atoms with Crippen LogP contribution in [0.5, 0.6) is 0 Å². The van der Waals surface area contributed by atoms with Crippen LogP contribution in [0.15, 0.2) is 18.2 Å². The standard InChI is InChI=1S/C16H22N2/c1-10-5-12(3)16-15(7-10)14(6-11(2)9-17)8-13(4)18-16/h5,7-8,11H,6,9,17H2,1-4H3. The molecular formula is C16H22N2. The quantitative estimate of drug-likeness (QED) is 0.897. The Morgan fingerprint density at radius 2 is 1.89 bits per heavy atom. The Labute approximate surface area is 109 Å². The van der Waals surface area contributed by atoms with E-state index >= 15 is 0 Å². The molecular weight excluding hydrogens is 220 g/mol. The summed E-state index contributed by atoms with van der Waals surface area (Å²) >= 11 is 0. The topological polar surface area (TPSA) is 38.9 Å². The lowest BCUT2D eigenvalue weighted by atomic mass is 9.95. The summed E-state index contributed by atoms with van der Waals surface area (Å²) < 4.78 is 0. The Balaban J connectivity index is 2.64. The molecule has 96 valence electrons. The van der Waals surface area contributed by atoms with Crippen molar-refractivity contribution in [1.82, 2.24) is 4.98 Å². The second-order valence-corrected chi connectivity index (χ2v) is 5.45. The molecule has 2 N–H and O–H groups in total. The van der Waals surface area contributed by atoms with E-state index in [1.807, 2.05) is 0 Å². The minimum Gasteiger partial charge on any atom is -0.330 e. The van der Waals surface area contributed by atoms with Crippen LogP contribution in [-0.2, 0) is 6.42 Å². The molecule has 0 spiro atoms. The molecule has 1 aromatic carbocycles. The number of aromatic nitrogens is 1. The summed E-state index contributed by atoms with van der Waals surface area (Å²) in [6.07, 6.45) is 1.03. The Morgan fingerprint density at radius 3 is 2.56 bits per heavy atom. The SMILES string of the molecule is Cc1cc(C)c2nc(C)cc(CC(C)CN)c2c1. The third-order valence-corrected chi connectivity index (χ3v) is 3.43. The molecule has 0 radical (unpaired) electrons. The summed E-state index contributed by atoms with van der Waals surface area (Å²) in [7, 11) is 0. The monoisotopic (exact) mass is 242 g/mol. The summed E-state index contributed by atoms with van der Waals surface area (Å²) in [6, 6.07) is 6.64. The second-order valence-electron chi connectivity index (χ2n) is 5.45. The van der Waals surface area contributed by atoms with Gasteiger partial charge in [0.1, 0.15) is 0 Å². The van der Waals surface area contributed by atoms with E-state index in [1.54, 1.807) is 0 Å². The van der Waals surface area contributed by atoms with E-state index in [-0.39, 0.29) is 0 Å². The number of nitrogens with zero attached hydrogens (tertiary/aromatic N) is 1. The van der Waals surface area contributed by atoms with Gasteiger partial charge in [0.05, 0.1) is 5.52 Å². The number of hydrogen-bond donors (Lipinski definition) is 1. The van der Waals surface area contributed by atoms with Gasteiger partial charge in [0.2, 0.25) is 0 Å². The Bertz CT molecular complexity index is 573. The number of aryl methyl sites for hydroxylation is 3. The van der Waals surface area contributed by atoms with E-state index in [1.165, 1.54) is 22.1 Å². The van der Waals surface area contributed by atoms with Gasteiger partial charge in [0.25, 0.3) is 0 Å². The van der Waals surface area contributed by atoms with E-state index in [2.05, 4.69) is 50.9 Å². The molecule has 1 heterocycles. The van der Waals surface area contributed by atoms with Crippen molar-refractivity contribution in [2.24, 2.45) is 11.7 Å². The van der Waals surface area contributed by atoms with Crippen molar-refractivity contribution in [3.63, 3.8) is 0 Å². The van der Waals surface area contributed by atoms with Gasteiger partial charge in [-0.2, -0.15) is 0 Å². The fourth-order valence-corrected chi connectivity index (χ4v) is 2.52. The molecule has 0 saturated carbocycles. The van der Waals surface area contributed by atoms with Gasteiger partial charge in [0.15, 0.2) is 0 Å². The first-order valence-corrected chi connectivity index (χ1v) is 6.58. The van der Waals surface area contributed by atoms with E-state index in [9.17, 15) is 0 Å². The lowest BCUT2D eigenvalue weighted by Crippen LogP contribution is -2.13. The average molecular weight is 242 g/mol. The third kappa shape index (κ3) is 2.54. The van der Waals surface area contributed by atoms with Crippen molar-refractivity contribution in [2.45, 2.75) is 34.1 Å². The molecule has 0 aliphatic rings. The molecule has 2 nitrogen and oxygen atoms in total. The molecule has 0 amide bonds. The lowest BCUT2D eigenvalue weighted by Gasteiger charge is -2.14. The van der Waals surface area contributed by atoms with Crippen LogP contribution in [0.3, 0.4) is 0 Å². The number of fused-ring (bicyclic) bond motifs is 1. The maximum Gasteiger partial charge on any atom is 0.0737 e. The second kappa shape index (κ2) is 5.07. The number of benzene rings is 1. The Kier molecular flexibility index (Phi) is 3.67. The summed E-state index contributed by atoms with van der Waals surface area (Å²) in [6.45, 7) is 9.27. The van der Waals surface area contributed by atoms with E-state index in [0.717, 1.165) is 24.2 Å². The predicted molar refractivity (Wildman–Crippen MR) is 77.9 cm³/mol. The Hall–Kier alpha value is -1.41. The molecule has 0 fully saturated rings. The summed E-state index contributed by atoms with van der Waals surface area (Å²) in [4.78, 5) is 4.68. The molecule has 18 heavy (non-hydrogen) atoms. The van der Waals surface area contributed by atoms with Crippen LogP contribution in [0.25, 0.3) is 10.9 Å². The fourth-order valence-electron chi connectivity index (χ4n) is 2.52. The van der Waals surface area contributed by atoms with Crippen molar-refractivity contribution in [1.29, 1.82) is 0 Å². The van der Waals surface area contributed by atoms with Gasteiger partial charge in [-0.05, 0) is 62.9 Å². The number of nitrogens with two attached hydrogens (primary N) is 1. The zero-order chi connectivity index (χ0) is 13.3. The average Bonchev–Trinajstić information content (AvgIpc) is 2.30. The van der Waals surface area contributed by atoms with Crippen molar-refractivity contribution in [3.05, 3.63) is 40.6 Å². The normalized spacial score (nSPS) is 12.9. The van der Waals surface area contributed by atoms with Gasteiger partial charge in [-0.3, -0.25) is 4.98 Å². The summed E-state index contributed by atoms with van der Waals surface area (Å²) in [5.41, 5.74) is 11.9. The third-order valence-electron chi connectivity index (χ3n) is 3.43. The van der Waals surface area contributed by atoms with Gasteiger partial charge in [0, 0.05) is 11.1 Å². The van der Waals surface area contributed by atoms with E-state index < -0.39 is 0 Å². The minimum atomic E-state index is 0.510. The molecule has 1 aromatic heterocycles. The highest BCUT2D eigenvalue weighted by Gasteiger charge is 2.09. The lowest BCUT2D eigenvalue weighted by molar-refractivity contribution is 0.595. The van der Waals surface area contributed by atoms with Gasteiger partial charge in [-0.1, -0.05) is 18.6 Å². The molecule has 2 rings (SSSR count). The van der Waals surface area contributed by atoms with Crippen LogP contribution in [0.1, 0.15) is 29.3 Å². The first-order valence-electron chi connectivity index (χ1n) is 6.58. The highest BCUT2D eigenvalue weighted by Crippen LogP contribution is 2.25. The molecule has 0 saturated heterocycles. The fraction of sp³-hybridized carbons (Fsp3) is 0.438. The van der Waals surface area contributed by atoms with Crippen molar-refractivity contribution in [2.75, 3.05) is 6.54 Å². The van der Waals surface area contributed by atoms with Gasteiger partial charge >= 0.3 is 0 Å².